The normalized spacial score (nSPS) is 11.3. The van der Waals surface area contributed by atoms with Crippen molar-refractivity contribution < 1.29 is 13.9 Å². The third kappa shape index (κ3) is 3.27. The molecule has 134 valence electrons. The Kier molecular flexibility index (Phi) is 4.34. The molecule has 0 saturated carbocycles. The van der Waals surface area contributed by atoms with Gasteiger partial charge in [-0.1, -0.05) is 42.5 Å². The van der Waals surface area contributed by atoms with E-state index in [0.29, 0.717) is 5.58 Å². The lowest BCUT2D eigenvalue weighted by Crippen LogP contribution is -2.16. The van der Waals surface area contributed by atoms with E-state index in [1.807, 2.05) is 61.5 Å². The molecule has 4 aromatic rings. The predicted octanol–water partition coefficient (Wildman–Crippen LogP) is 4.67. The Hall–Kier alpha value is -3.60. The molecule has 0 saturated heterocycles. The van der Waals surface area contributed by atoms with Crippen molar-refractivity contribution in [3.8, 4) is 5.75 Å². The Morgan fingerprint density at radius 2 is 1.93 bits per heavy atom. The number of benzene rings is 3. The van der Waals surface area contributed by atoms with Gasteiger partial charge in [0, 0.05) is 5.39 Å². The molecular weight excluding hydrogens is 340 g/mol. The molecule has 5 nitrogen and oxygen atoms in total. The van der Waals surface area contributed by atoms with Crippen LogP contribution in [0.5, 0.6) is 5.75 Å². The number of furan rings is 1. The molecule has 1 heterocycles. The number of hydrogen-bond donors (Lipinski definition) is 1. The number of nitrogens with zero attached hydrogens (tertiary/aromatic N) is 1. The van der Waals surface area contributed by atoms with Crippen LogP contribution in [0.25, 0.3) is 21.7 Å². The van der Waals surface area contributed by atoms with E-state index in [2.05, 4.69) is 10.5 Å². The number of carbonyl (C=O) groups excluding carboxylic acids is 1. The molecule has 0 atom stereocenters. The number of carbonyl (C=O) groups is 1. The van der Waals surface area contributed by atoms with Gasteiger partial charge in [0.05, 0.1) is 13.3 Å². The van der Waals surface area contributed by atoms with Crippen LogP contribution in [-0.4, -0.2) is 19.2 Å². The molecule has 5 heteroatoms. The van der Waals surface area contributed by atoms with Crippen LogP contribution in [0.4, 0.5) is 0 Å². The van der Waals surface area contributed by atoms with Crippen LogP contribution in [0.15, 0.2) is 70.2 Å². The molecule has 0 spiro atoms. The maximum atomic E-state index is 12.4. The minimum absolute atomic E-state index is 0.222. The van der Waals surface area contributed by atoms with Crippen LogP contribution in [0.1, 0.15) is 21.7 Å². The first-order chi connectivity index (χ1) is 13.2. The fourth-order valence-electron chi connectivity index (χ4n) is 3.04. The molecule has 3 aromatic carbocycles. The van der Waals surface area contributed by atoms with E-state index >= 15 is 0 Å². The number of nitrogens with one attached hydrogen (secondary N) is 1. The number of hydrogen-bond acceptors (Lipinski definition) is 4. The van der Waals surface area contributed by atoms with Crippen LogP contribution in [0.3, 0.4) is 0 Å². The number of methoxy groups -OCH3 is 1. The number of hydrazone groups is 1. The summed E-state index contributed by atoms with van der Waals surface area (Å²) in [5.74, 6) is 0.597. The maximum absolute atomic E-state index is 12.4. The van der Waals surface area contributed by atoms with Gasteiger partial charge in [-0.2, -0.15) is 5.10 Å². The largest absolute Gasteiger partial charge is 0.496 e. The van der Waals surface area contributed by atoms with Gasteiger partial charge in [0.2, 0.25) is 0 Å². The molecule has 4 rings (SSSR count). The summed E-state index contributed by atoms with van der Waals surface area (Å²) in [7, 11) is 1.62. The van der Waals surface area contributed by atoms with Gasteiger partial charge < -0.3 is 9.15 Å². The van der Waals surface area contributed by atoms with Gasteiger partial charge in [-0.15, -0.1) is 0 Å². The number of aryl methyl sites for hydroxylation is 1. The molecule has 0 bridgehead atoms. The Morgan fingerprint density at radius 3 is 2.78 bits per heavy atom. The lowest BCUT2D eigenvalue weighted by atomic mass is 10.1. The van der Waals surface area contributed by atoms with Crippen molar-refractivity contribution in [1.82, 2.24) is 5.43 Å². The summed E-state index contributed by atoms with van der Waals surface area (Å²) < 4.78 is 11.0. The van der Waals surface area contributed by atoms with Crippen molar-refractivity contribution in [2.24, 2.45) is 5.10 Å². The summed E-state index contributed by atoms with van der Waals surface area (Å²) in [6.45, 7) is 1.97. The van der Waals surface area contributed by atoms with Gasteiger partial charge in [0.1, 0.15) is 11.3 Å². The predicted molar refractivity (Wildman–Crippen MR) is 107 cm³/mol. The van der Waals surface area contributed by atoms with E-state index < -0.39 is 5.91 Å². The highest BCUT2D eigenvalue weighted by atomic mass is 16.5. The molecular formula is C22H18N2O3. The molecule has 1 N–H and O–H groups in total. The highest BCUT2D eigenvalue weighted by Gasteiger charge is 2.13. The van der Waals surface area contributed by atoms with E-state index in [9.17, 15) is 4.79 Å². The zero-order valence-electron chi connectivity index (χ0n) is 15.0. The molecule has 1 amide bonds. The van der Waals surface area contributed by atoms with Gasteiger partial charge in [0.15, 0.2) is 5.76 Å². The van der Waals surface area contributed by atoms with Crippen LogP contribution < -0.4 is 10.2 Å². The van der Waals surface area contributed by atoms with E-state index in [4.69, 9.17) is 9.15 Å². The number of fused-ring (bicyclic) bond motifs is 3. The quantitative estimate of drug-likeness (QED) is 0.426. The first kappa shape index (κ1) is 16.8. The monoisotopic (exact) mass is 358 g/mol. The molecule has 0 aliphatic heterocycles. The smallest absolute Gasteiger partial charge is 0.307 e. The summed E-state index contributed by atoms with van der Waals surface area (Å²) in [6.07, 6.45) is 1.57. The number of rotatable bonds is 4. The van der Waals surface area contributed by atoms with Crippen molar-refractivity contribution >= 4 is 33.9 Å². The third-order valence-electron chi connectivity index (χ3n) is 4.46. The molecule has 0 radical (unpaired) electrons. The molecule has 0 fully saturated rings. The summed E-state index contributed by atoms with van der Waals surface area (Å²) in [6, 6.07) is 19.3. The topological polar surface area (TPSA) is 63.8 Å². The van der Waals surface area contributed by atoms with Crippen molar-refractivity contribution in [2.75, 3.05) is 7.11 Å². The van der Waals surface area contributed by atoms with E-state index in [1.54, 1.807) is 19.4 Å². The second-order valence-corrected chi connectivity index (χ2v) is 6.24. The lowest BCUT2D eigenvalue weighted by molar-refractivity contribution is 0.0929. The standard InChI is InChI=1S/C22H18N2O3/c1-14-7-8-15(11-20(14)26-2)13-23-24-22(25)21-12-18-17-6-4-3-5-16(17)9-10-19(18)27-21/h3-13H,1-2H3,(H,24,25)/b23-13+. The van der Waals surface area contributed by atoms with Crippen molar-refractivity contribution in [2.45, 2.75) is 6.92 Å². The second kappa shape index (κ2) is 6.96. The number of amides is 1. The van der Waals surface area contributed by atoms with E-state index in [1.165, 1.54) is 0 Å². The van der Waals surface area contributed by atoms with Gasteiger partial charge in [-0.3, -0.25) is 4.79 Å². The SMILES string of the molecule is COc1cc(/C=N/NC(=O)c2cc3c(ccc4ccccc43)o2)ccc1C. The summed E-state index contributed by atoms with van der Waals surface area (Å²) >= 11 is 0. The van der Waals surface area contributed by atoms with Gasteiger partial charge >= 0.3 is 5.91 Å². The average Bonchev–Trinajstić information content (AvgIpc) is 3.14. The Balaban J connectivity index is 1.55. The first-order valence-electron chi connectivity index (χ1n) is 8.55. The highest BCUT2D eigenvalue weighted by Crippen LogP contribution is 2.28. The van der Waals surface area contributed by atoms with Crippen molar-refractivity contribution in [1.29, 1.82) is 0 Å². The summed E-state index contributed by atoms with van der Waals surface area (Å²) in [4.78, 5) is 12.4. The zero-order chi connectivity index (χ0) is 18.8. The van der Waals surface area contributed by atoms with Crippen molar-refractivity contribution in [3.05, 3.63) is 77.6 Å². The second-order valence-electron chi connectivity index (χ2n) is 6.24. The van der Waals surface area contributed by atoms with Gasteiger partial charge in [-0.25, -0.2) is 5.43 Å². The van der Waals surface area contributed by atoms with Crippen LogP contribution >= 0.6 is 0 Å². The van der Waals surface area contributed by atoms with E-state index in [-0.39, 0.29) is 5.76 Å². The minimum atomic E-state index is -0.398. The first-order valence-corrected chi connectivity index (χ1v) is 8.55. The fraction of sp³-hybridized carbons (Fsp3) is 0.0909. The Labute approximate surface area is 156 Å². The summed E-state index contributed by atoms with van der Waals surface area (Å²) in [5, 5.41) is 7.07. The number of ether oxygens (including phenoxy) is 1. The summed E-state index contributed by atoms with van der Waals surface area (Å²) in [5.41, 5.74) is 5.04. The lowest BCUT2D eigenvalue weighted by Gasteiger charge is -2.04. The molecule has 0 aliphatic rings. The zero-order valence-corrected chi connectivity index (χ0v) is 15.0. The van der Waals surface area contributed by atoms with Crippen molar-refractivity contribution in [3.63, 3.8) is 0 Å². The third-order valence-corrected chi connectivity index (χ3v) is 4.46. The Bertz CT molecular complexity index is 1170. The van der Waals surface area contributed by atoms with Gasteiger partial charge in [0.25, 0.3) is 0 Å². The Morgan fingerprint density at radius 1 is 1.07 bits per heavy atom. The van der Waals surface area contributed by atoms with E-state index in [0.717, 1.165) is 33.0 Å². The molecule has 0 unspecified atom stereocenters. The molecule has 1 aromatic heterocycles. The van der Waals surface area contributed by atoms with Crippen LogP contribution in [0.2, 0.25) is 0 Å². The maximum Gasteiger partial charge on any atom is 0.307 e. The van der Waals surface area contributed by atoms with Gasteiger partial charge in [-0.05, 0) is 47.0 Å². The fourth-order valence-corrected chi connectivity index (χ4v) is 3.04. The highest BCUT2D eigenvalue weighted by molar-refractivity contribution is 6.08. The average molecular weight is 358 g/mol. The minimum Gasteiger partial charge on any atom is -0.496 e. The molecule has 27 heavy (non-hydrogen) atoms. The van der Waals surface area contributed by atoms with Crippen LogP contribution in [0, 0.1) is 6.92 Å². The molecule has 0 aliphatic carbocycles. The van der Waals surface area contributed by atoms with Crippen LogP contribution in [-0.2, 0) is 0 Å².